The van der Waals surface area contributed by atoms with E-state index in [4.69, 9.17) is 25.7 Å². The molecule has 4 aromatic rings. The summed E-state index contributed by atoms with van der Waals surface area (Å²) >= 11 is 6.87. The minimum Gasteiger partial charge on any atom is -0.401 e. The molecule has 1 unspecified atom stereocenters. The van der Waals surface area contributed by atoms with E-state index in [0.717, 1.165) is 10.4 Å². The summed E-state index contributed by atoms with van der Waals surface area (Å²) in [5.41, 5.74) is 0.747. The minimum absolute atomic E-state index is 0.0586. The lowest BCUT2D eigenvalue weighted by Gasteiger charge is -2.43. The Balaban J connectivity index is 0.000000727. The number of hydrogen-bond donors (Lipinski definition) is 2. The van der Waals surface area contributed by atoms with Crippen molar-refractivity contribution in [3.8, 4) is 0 Å². The van der Waals surface area contributed by atoms with Crippen molar-refractivity contribution in [1.29, 1.82) is 0 Å². The topological polar surface area (TPSA) is 84.7 Å². The van der Waals surface area contributed by atoms with Gasteiger partial charge in [-0.1, -0.05) is 121 Å². The van der Waals surface area contributed by atoms with E-state index in [1.54, 1.807) is 24.0 Å². The van der Waals surface area contributed by atoms with Crippen LogP contribution in [-0.2, 0) is 22.8 Å². The largest absolute Gasteiger partial charge is 0.401 e. The fourth-order valence-electron chi connectivity index (χ4n) is 6.92. The van der Waals surface area contributed by atoms with Crippen LogP contribution in [0.25, 0.3) is 0 Å². The van der Waals surface area contributed by atoms with Crippen molar-refractivity contribution in [3.05, 3.63) is 101 Å². The van der Waals surface area contributed by atoms with Gasteiger partial charge >= 0.3 is 0 Å². The summed E-state index contributed by atoms with van der Waals surface area (Å²) in [5, 5.41) is 16.4. The summed E-state index contributed by atoms with van der Waals surface area (Å²) in [7, 11) is -1.23. The van der Waals surface area contributed by atoms with Crippen LogP contribution in [0.4, 0.5) is 10.1 Å². The third-order valence-corrected chi connectivity index (χ3v) is 14.1. The Labute approximate surface area is 304 Å². The van der Waals surface area contributed by atoms with E-state index in [-0.39, 0.29) is 40.4 Å². The van der Waals surface area contributed by atoms with Crippen LogP contribution in [-0.4, -0.2) is 65.3 Å². The molecule has 0 bridgehead atoms. The number of nitrogens with one attached hydrogen (secondary N) is 1. The Hall–Kier alpha value is -3.12. The zero-order chi connectivity index (χ0) is 36.8. The number of aliphatic hydroxyl groups excluding tert-OH is 1. The molecule has 3 atom stereocenters. The van der Waals surface area contributed by atoms with Gasteiger partial charge < -0.3 is 29.1 Å². The van der Waals surface area contributed by atoms with Gasteiger partial charge in [-0.2, -0.15) is 0 Å². The lowest BCUT2D eigenvalue weighted by molar-refractivity contribution is -0.00536. The molecule has 0 aliphatic carbocycles. The third kappa shape index (κ3) is 9.02. The predicted molar refractivity (Wildman–Crippen MR) is 205 cm³/mol. The first kappa shape index (κ1) is 39.7. The molecule has 5 rings (SSSR count). The van der Waals surface area contributed by atoms with Gasteiger partial charge in [0, 0.05) is 44.6 Å². The number of aliphatic hydroxyl groups is 1. The van der Waals surface area contributed by atoms with E-state index in [9.17, 15) is 5.11 Å². The number of nitrogens with zero attached hydrogens (tertiary/aromatic N) is 4. The number of aryl methyl sites for hydroxylation is 1. The number of halogens is 2. The number of pyridine rings is 1. The summed E-state index contributed by atoms with van der Waals surface area (Å²) < 4.78 is 30.9. The first-order valence-electron chi connectivity index (χ1n) is 17.5. The van der Waals surface area contributed by atoms with Crippen molar-refractivity contribution >= 4 is 36.0 Å². The molecule has 50 heavy (non-hydrogen) atoms. The second-order valence-electron chi connectivity index (χ2n) is 14.8. The van der Waals surface area contributed by atoms with Crippen LogP contribution in [0.3, 0.4) is 0 Å². The monoisotopic (exact) mass is 723 g/mol. The summed E-state index contributed by atoms with van der Waals surface area (Å²) in [6.45, 7) is 20.3. The van der Waals surface area contributed by atoms with Gasteiger partial charge in [-0.3, -0.25) is 0 Å². The summed E-state index contributed by atoms with van der Waals surface area (Å²) in [6, 6.07) is 21.9. The highest BCUT2D eigenvalue weighted by atomic mass is 35.5. The Bertz CT molecular complexity index is 1610. The van der Waals surface area contributed by atoms with Crippen molar-refractivity contribution in [2.45, 2.75) is 104 Å². The van der Waals surface area contributed by atoms with Crippen molar-refractivity contribution in [2.24, 2.45) is 7.05 Å². The number of benzene rings is 2. The minimum atomic E-state index is -2.97. The molecule has 0 spiro atoms. The lowest BCUT2D eigenvalue weighted by atomic mass is 10.1. The Kier molecular flexibility index (Phi) is 13.4. The molecule has 0 radical (unpaired) electrons. The molecular formula is C39H55ClFN5O3Si. The van der Waals surface area contributed by atoms with Crippen LogP contribution < -0.4 is 20.6 Å². The molecule has 1 aliphatic rings. The maximum absolute atomic E-state index is 16.1. The van der Waals surface area contributed by atoms with Crippen LogP contribution in [0, 0.1) is 5.82 Å². The van der Waals surface area contributed by atoms with Gasteiger partial charge in [-0.05, 0) is 29.3 Å². The van der Waals surface area contributed by atoms with Crippen LogP contribution in [0.2, 0.25) is 10.1 Å². The molecule has 272 valence electrons. The molecule has 2 aromatic carbocycles. The zero-order valence-electron chi connectivity index (χ0n) is 31.2. The van der Waals surface area contributed by atoms with Crippen LogP contribution in [0.1, 0.15) is 85.6 Å². The first-order chi connectivity index (χ1) is 23.6. The molecular weight excluding hydrogens is 669 g/mol. The number of rotatable bonds is 10. The van der Waals surface area contributed by atoms with Crippen LogP contribution >= 0.6 is 11.6 Å². The van der Waals surface area contributed by atoms with E-state index >= 15 is 4.39 Å². The maximum atomic E-state index is 16.1. The molecule has 3 heterocycles. The second-order valence-corrected chi connectivity index (χ2v) is 19.5. The van der Waals surface area contributed by atoms with E-state index in [0.29, 0.717) is 36.6 Å². The second kappa shape index (κ2) is 16.9. The number of morpholine rings is 1. The fourth-order valence-corrected chi connectivity index (χ4v) is 11.8. The number of ether oxygens (including phenoxy) is 1. The van der Waals surface area contributed by atoms with E-state index in [2.05, 4.69) is 83.0 Å². The van der Waals surface area contributed by atoms with Gasteiger partial charge in [0.2, 0.25) is 0 Å². The van der Waals surface area contributed by atoms with Gasteiger partial charge in [0.25, 0.3) is 8.32 Å². The van der Waals surface area contributed by atoms with Gasteiger partial charge in [-0.15, -0.1) is 0 Å². The van der Waals surface area contributed by atoms with Crippen molar-refractivity contribution < 1.29 is 18.7 Å². The highest BCUT2D eigenvalue weighted by Crippen LogP contribution is 2.41. The van der Waals surface area contributed by atoms with Crippen molar-refractivity contribution in [2.75, 3.05) is 18.0 Å². The summed E-state index contributed by atoms with van der Waals surface area (Å²) in [6.07, 6.45) is 1.64. The average molecular weight is 724 g/mol. The molecule has 1 saturated heterocycles. The predicted octanol–water partition coefficient (Wildman–Crippen LogP) is 6.77. The molecule has 2 aromatic heterocycles. The van der Waals surface area contributed by atoms with Crippen LogP contribution in [0.15, 0.2) is 73.1 Å². The Morgan fingerprint density at radius 2 is 1.50 bits per heavy atom. The molecule has 0 saturated carbocycles. The number of hydrogen-bond acceptors (Lipinski definition) is 7. The van der Waals surface area contributed by atoms with Gasteiger partial charge in [0.1, 0.15) is 16.5 Å². The maximum Gasteiger partial charge on any atom is 0.261 e. The standard InChI is InChI=1S/C33H40ClFN4O3Si.C6H15N/c1-22-19-39(20-23(2)42-22)30-26(37-29(28(35)27(30)34)31(40)32-36-17-18-38(32)6)21-41-43(33(3,4)5,24-13-9-7-10-14-24)25-15-11-8-12-16-25;1-5(2)7-6(3)4/h7-18,22-23,31,40H,19-21H2,1-6H3;5-7H,1-4H3/t22-,23+,31?;. The SMILES string of the molecule is CC(C)NC(C)C.C[C@@H]1CN(c2c(CO[Si](c3ccccc3)(c3ccccc3)C(C)(C)C)nc(C(O)c3nccn3C)c(F)c2Cl)C[C@H](C)O1. The molecule has 1 fully saturated rings. The average Bonchev–Trinajstić information content (AvgIpc) is 3.47. The van der Waals surface area contributed by atoms with E-state index < -0.39 is 20.2 Å². The molecule has 0 amide bonds. The molecule has 1 aliphatic heterocycles. The number of anilines is 1. The Morgan fingerprint density at radius 1 is 0.980 bits per heavy atom. The van der Waals surface area contributed by atoms with Gasteiger partial charge in [0.15, 0.2) is 11.9 Å². The smallest absolute Gasteiger partial charge is 0.261 e. The summed E-state index contributed by atoms with van der Waals surface area (Å²) in [4.78, 5) is 11.0. The van der Waals surface area contributed by atoms with E-state index in [1.807, 2.05) is 55.1 Å². The quantitative estimate of drug-likeness (QED) is 0.175. The molecule has 11 heteroatoms. The highest BCUT2D eigenvalue weighted by molar-refractivity contribution is 6.99. The molecule has 2 N–H and O–H groups in total. The van der Waals surface area contributed by atoms with Crippen molar-refractivity contribution in [1.82, 2.24) is 19.9 Å². The molecule has 8 nitrogen and oxygen atoms in total. The zero-order valence-corrected chi connectivity index (χ0v) is 33.0. The number of aromatic nitrogens is 3. The van der Waals surface area contributed by atoms with Crippen molar-refractivity contribution in [3.63, 3.8) is 0 Å². The number of imidazole rings is 1. The van der Waals surface area contributed by atoms with Gasteiger partial charge in [-0.25, -0.2) is 14.4 Å². The van der Waals surface area contributed by atoms with Gasteiger partial charge in [0.05, 0.1) is 30.2 Å². The first-order valence-corrected chi connectivity index (χ1v) is 19.8. The Morgan fingerprint density at radius 3 is 1.92 bits per heavy atom. The lowest BCUT2D eigenvalue weighted by Crippen LogP contribution is -2.66. The highest BCUT2D eigenvalue weighted by Gasteiger charge is 2.50. The van der Waals surface area contributed by atoms with E-state index in [1.165, 1.54) is 0 Å². The van der Waals surface area contributed by atoms with Crippen LogP contribution in [0.5, 0.6) is 0 Å². The third-order valence-electron chi connectivity index (χ3n) is 8.76. The fraction of sp³-hybridized carbons (Fsp3) is 0.487. The normalized spacial score (nSPS) is 17.5. The summed E-state index contributed by atoms with van der Waals surface area (Å²) in [5.74, 6) is -0.504.